The zero-order chi connectivity index (χ0) is 13.2. The van der Waals surface area contributed by atoms with Crippen LogP contribution in [0.15, 0.2) is 30.3 Å². The first-order valence-corrected chi connectivity index (χ1v) is 6.61. The second-order valence-electron chi connectivity index (χ2n) is 5.27. The van der Waals surface area contributed by atoms with Crippen LogP contribution in [-0.4, -0.2) is 23.7 Å². The maximum Gasteiger partial charge on any atom is 0.329 e. The minimum atomic E-state index is -0.750. The summed E-state index contributed by atoms with van der Waals surface area (Å²) >= 11 is 0. The number of nitrogens with zero attached hydrogens (tertiary/aromatic N) is 1. The van der Waals surface area contributed by atoms with Crippen LogP contribution in [0.3, 0.4) is 0 Å². The summed E-state index contributed by atoms with van der Waals surface area (Å²) in [7, 11) is 1.91. The van der Waals surface area contributed by atoms with Crippen LogP contribution in [0.4, 0.5) is 5.69 Å². The van der Waals surface area contributed by atoms with Crippen LogP contribution >= 0.6 is 0 Å². The highest BCUT2D eigenvalue weighted by Gasteiger charge is 2.48. The van der Waals surface area contributed by atoms with Gasteiger partial charge in [-0.15, -0.1) is 0 Å². The van der Waals surface area contributed by atoms with Gasteiger partial charge in [0.25, 0.3) is 0 Å². The summed E-state index contributed by atoms with van der Waals surface area (Å²) in [6, 6.07) is 9.82. The number of likely N-dealkylation sites (N-methyl/N-ethyl adjacent to an activating group) is 1. The standard InChI is InChI=1S/C15H21NO2/c1-12-8-6-7-11-15(12,14(17)18)16(2)13-9-4-3-5-10-13/h3-5,9-10,12H,6-8,11H2,1-2H3,(H,17,18). The van der Waals surface area contributed by atoms with Gasteiger partial charge < -0.3 is 10.0 Å². The lowest BCUT2D eigenvalue weighted by molar-refractivity contribution is -0.146. The van der Waals surface area contributed by atoms with Crippen LogP contribution in [0.25, 0.3) is 0 Å². The van der Waals surface area contributed by atoms with Crippen LogP contribution in [0.2, 0.25) is 0 Å². The Morgan fingerprint density at radius 2 is 2.00 bits per heavy atom. The van der Waals surface area contributed by atoms with Gasteiger partial charge >= 0.3 is 5.97 Å². The molecule has 1 aromatic rings. The molecule has 3 nitrogen and oxygen atoms in total. The fourth-order valence-corrected chi connectivity index (χ4v) is 3.17. The van der Waals surface area contributed by atoms with Crippen molar-refractivity contribution in [3.63, 3.8) is 0 Å². The summed E-state index contributed by atoms with van der Waals surface area (Å²) in [5.41, 5.74) is 0.230. The fourth-order valence-electron chi connectivity index (χ4n) is 3.17. The van der Waals surface area contributed by atoms with Gasteiger partial charge in [0.05, 0.1) is 0 Å². The number of carbonyl (C=O) groups is 1. The quantitative estimate of drug-likeness (QED) is 0.892. The first-order chi connectivity index (χ1) is 8.59. The predicted octanol–water partition coefficient (Wildman–Crippen LogP) is 3.16. The molecule has 3 heteroatoms. The molecule has 1 aromatic carbocycles. The highest BCUT2D eigenvalue weighted by Crippen LogP contribution is 2.40. The Morgan fingerprint density at radius 1 is 1.33 bits per heavy atom. The third-order valence-electron chi connectivity index (χ3n) is 4.37. The Morgan fingerprint density at radius 3 is 2.56 bits per heavy atom. The molecule has 1 N–H and O–H groups in total. The number of anilines is 1. The van der Waals surface area contributed by atoms with Crippen molar-refractivity contribution in [1.82, 2.24) is 0 Å². The van der Waals surface area contributed by atoms with Crippen LogP contribution in [0, 0.1) is 5.92 Å². The summed E-state index contributed by atoms with van der Waals surface area (Å²) in [6.07, 6.45) is 3.85. The van der Waals surface area contributed by atoms with Crippen molar-refractivity contribution in [1.29, 1.82) is 0 Å². The van der Waals surface area contributed by atoms with Crippen molar-refractivity contribution in [2.45, 2.75) is 38.1 Å². The van der Waals surface area contributed by atoms with E-state index in [0.29, 0.717) is 0 Å². The Labute approximate surface area is 108 Å². The van der Waals surface area contributed by atoms with Crippen molar-refractivity contribution < 1.29 is 9.90 Å². The van der Waals surface area contributed by atoms with E-state index in [-0.39, 0.29) is 5.92 Å². The van der Waals surface area contributed by atoms with Gasteiger partial charge in [0.2, 0.25) is 0 Å². The number of para-hydroxylation sites is 1. The molecule has 0 bridgehead atoms. The molecule has 0 heterocycles. The van der Waals surface area contributed by atoms with E-state index in [1.54, 1.807) is 0 Å². The zero-order valence-corrected chi connectivity index (χ0v) is 11.1. The molecule has 0 spiro atoms. The number of aliphatic carboxylic acids is 1. The van der Waals surface area contributed by atoms with E-state index in [1.807, 2.05) is 42.3 Å². The Hall–Kier alpha value is -1.51. The molecule has 1 fully saturated rings. The number of carboxylic acids is 1. The van der Waals surface area contributed by atoms with Gasteiger partial charge in [0.1, 0.15) is 5.54 Å². The van der Waals surface area contributed by atoms with Gasteiger partial charge in [-0.05, 0) is 30.9 Å². The highest BCUT2D eigenvalue weighted by molar-refractivity contribution is 5.84. The van der Waals surface area contributed by atoms with Gasteiger partial charge in [-0.3, -0.25) is 0 Å². The molecular weight excluding hydrogens is 226 g/mol. The van der Waals surface area contributed by atoms with Gasteiger partial charge in [-0.2, -0.15) is 0 Å². The minimum absolute atomic E-state index is 0.175. The van der Waals surface area contributed by atoms with E-state index in [0.717, 1.165) is 31.4 Å². The van der Waals surface area contributed by atoms with Gasteiger partial charge in [0, 0.05) is 12.7 Å². The lowest BCUT2D eigenvalue weighted by Crippen LogP contribution is -2.59. The van der Waals surface area contributed by atoms with Crippen LogP contribution in [0.5, 0.6) is 0 Å². The molecule has 18 heavy (non-hydrogen) atoms. The monoisotopic (exact) mass is 247 g/mol. The summed E-state index contributed by atoms with van der Waals surface area (Å²) in [4.78, 5) is 13.8. The molecule has 2 atom stereocenters. The van der Waals surface area contributed by atoms with Crippen LogP contribution in [0.1, 0.15) is 32.6 Å². The molecule has 98 valence electrons. The average molecular weight is 247 g/mol. The SMILES string of the molecule is CC1CCCCC1(C(=O)O)N(C)c1ccccc1. The number of hydrogen-bond acceptors (Lipinski definition) is 2. The maximum atomic E-state index is 11.9. The molecular formula is C15H21NO2. The molecule has 0 aliphatic heterocycles. The number of carboxylic acid groups (broad SMARTS) is 1. The van der Waals surface area contributed by atoms with E-state index in [2.05, 4.69) is 6.92 Å². The summed E-state index contributed by atoms with van der Waals surface area (Å²) in [6.45, 7) is 2.06. The lowest BCUT2D eigenvalue weighted by atomic mass is 9.72. The second kappa shape index (κ2) is 5.01. The normalized spacial score (nSPS) is 27.8. The molecule has 2 unspecified atom stereocenters. The topological polar surface area (TPSA) is 40.5 Å². The third kappa shape index (κ3) is 1.98. The molecule has 2 rings (SSSR count). The van der Waals surface area contributed by atoms with Gasteiger partial charge in [-0.25, -0.2) is 4.79 Å². The maximum absolute atomic E-state index is 11.9. The average Bonchev–Trinajstić information content (AvgIpc) is 2.39. The van der Waals surface area contributed by atoms with E-state index in [9.17, 15) is 9.90 Å². The molecule has 1 saturated carbocycles. The van der Waals surface area contributed by atoms with E-state index in [1.165, 1.54) is 0 Å². The molecule has 1 aliphatic rings. The number of rotatable bonds is 3. The summed E-state index contributed by atoms with van der Waals surface area (Å²) in [5, 5.41) is 9.75. The number of benzene rings is 1. The van der Waals surface area contributed by atoms with Gasteiger partial charge in [-0.1, -0.05) is 38.0 Å². The first-order valence-electron chi connectivity index (χ1n) is 6.61. The van der Waals surface area contributed by atoms with E-state index < -0.39 is 11.5 Å². The predicted molar refractivity (Wildman–Crippen MR) is 72.8 cm³/mol. The Bertz CT molecular complexity index is 418. The van der Waals surface area contributed by atoms with Crippen LogP contribution in [-0.2, 0) is 4.79 Å². The lowest BCUT2D eigenvalue weighted by Gasteiger charge is -2.46. The zero-order valence-electron chi connectivity index (χ0n) is 11.1. The largest absolute Gasteiger partial charge is 0.479 e. The highest BCUT2D eigenvalue weighted by atomic mass is 16.4. The second-order valence-corrected chi connectivity index (χ2v) is 5.27. The Balaban J connectivity index is 2.38. The third-order valence-corrected chi connectivity index (χ3v) is 4.37. The molecule has 0 aromatic heterocycles. The smallest absolute Gasteiger partial charge is 0.329 e. The van der Waals surface area contributed by atoms with Gasteiger partial charge in [0.15, 0.2) is 0 Å². The summed E-state index contributed by atoms with van der Waals surface area (Å²) in [5.74, 6) is -0.519. The Kier molecular flexibility index (Phi) is 3.60. The van der Waals surface area contributed by atoms with Crippen molar-refractivity contribution in [2.24, 2.45) is 5.92 Å². The van der Waals surface area contributed by atoms with E-state index in [4.69, 9.17) is 0 Å². The van der Waals surface area contributed by atoms with Crippen LogP contribution < -0.4 is 4.90 Å². The van der Waals surface area contributed by atoms with Crippen molar-refractivity contribution in [3.05, 3.63) is 30.3 Å². The van der Waals surface area contributed by atoms with Crippen molar-refractivity contribution in [2.75, 3.05) is 11.9 Å². The molecule has 1 aliphatic carbocycles. The molecule has 0 saturated heterocycles. The van der Waals surface area contributed by atoms with Crippen molar-refractivity contribution >= 4 is 11.7 Å². The molecule has 0 amide bonds. The van der Waals surface area contributed by atoms with E-state index >= 15 is 0 Å². The molecule has 0 radical (unpaired) electrons. The number of hydrogen-bond donors (Lipinski definition) is 1. The van der Waals surface area contributed by atoms with Crippen molar-refractivity contribution in [3.8, 4) is 0 Å². The minimum Gasteiger partial charge on any atom is -0.479 e. The summed E-state index contributed by atoms with van der Waals surface area (Å²) < 4.78 is 0. The first kappa shape index (κ1) is 12.9. The fraction of sp³-hybridized carbons (Fsp3) is 0.533.